The van der Waals surface area contributed by atoms with Crippen LogP contribution in [0.15, 0.2) is 24.3 Å². The molecule has 0 bridgehead atoms. The van der Waals surface area contributed by atoms with E-state index in [0.717, 1.165) is 31.2 Å². The fourth-order valence-electron chi connectivity index (χ4n) is 2.16. The normalized spacial score (nSPS) is 11.8. The third-order valence-corrected chi connectivity index (χ3v) is 3.33. The Labute approximate surface area is 120 Å². The average Bonchev–Trinajstić information content (AvgIpc) is 2.50. The zero-order valence-electron chi connectivity index (χ0n) is 12.3. The SMILES string of the molecule is CCC[C@H](CCc1ccc(C(=O)OC)cc1)C(=O)OC. The van der Waals surface area contributed by atoms with Crippen molar-refractivity contribution >= 4 is 11.9 Å². The van der Waals surface area contributed by atoms with Crippen molar-refractivity contribution in [3.05, 3.63) is 35.4 Å². The van der Waals surface area contributed by atoms with Gasteiger partial charge in [0.2, 0.25) is 0 Å². The molecule has 0 amide bonds. The van der Waals surface area contributed by atoms with E-state index >= 15 is 0 Å². The molecule has 0 fully saturated rings. The van der Waals surface area contributed by atoms with Gasteiger partial charge < -0.3 is 9.47 Å². The molecule has 0 saturated heterocycles. The second-order valence-corrected chi connectivity index (χ2v) is 4.74. The van der Waals surface area contributed by atoms with Crippen molar-refractivity contribution in [1.29, 1.82) is 0 Å². The molecule has 110 valence electrons. The minimum atomic E-state index is -0.338. The number of carbonyl (C=O) groups is 2. The van der Waals surface area contributed by atoms with Gasteiger partial charge in [0, 0.05) is 0 Å². The largest absolute Gasteiger partial charge is 0.469 e. The van der Waals surface area contributed by atoms with Gasteiger partial charge in [-0.25, -0.2) is 4.79 Å². The summed E-state index contributed by atoms with van der Waals surface area (Å²) in [7, 11) is 2.79. The van der Waals surface area contributed by atoms with Gasteiger partial charge in [-0.2, -0.15) is 0 Å². The molecule has 1 aromatic rings. The summed E-state index contributed by atoms with van der Waals surface area (Å²) in [6, 6.07) is 7.28. The van der Waals surface area contributed by atoms with Gasteiger partial charge in [0.05, 0.1) is 25.7 Å². The zero-order valence-corrected chi connectivity index (χ0v) is 12.3. The molecule has 4 nitrogen and oxygen atoms in total. The van der Waals surface area contributed by atoms with Crippen molar-refractivity contribution in [1.82, 2.24) is 0 Å². The maximum absolute atomic E-state index is 11.6. The zero-order chi connectivity index (χ0) is 15.0. The summed E-state index contributed by atoms with van der Waals surface area (Å²) in [5, 5.41) is 0. The van der Waals surface area contributed by atoms with Crippen LogP contribution in [-0.4, -0.2) is 26.2 Å². The highest BCUT2D eigenvalue weighted by molar-refractivity contribution is 5.89. The Balaban J connectivity index is 2.59. The highest BCUT2D eigenvalue weighted by Gasteiger charge is 2.17. The number of rotatable bonds is 7. The number of ether oxygens (including phenoxy) is 2. The number of esters is 2. The van der Waals surface area contributed by atoms with E-state index in [1.54, 1.807) is 12.1 Å². The first-order valence-electron chi connectivity index (χ1n) is 6.87. The number of hydrogen-bond acceptors (Lipinski definition) is 4. The first-order chi connectivity index (χ1) is 9.62. The van der Waals surface area contributed by atoms with Crippen LogP contribution < -0.4 is 0 Å². The molecule has 0 aliphatic carbocycles. The average molecular weight is 278 g/mol. The second kappa shape index (κ2) is 8.35. The Morgan fingerprint density at radius 3 is 2.20 bits per heavy atom. The van der Waals surface area contributed by atoms with Crippen LogP contribution in [0.25, 0.3) is 0 Å². The van der Waals surface area contributed by atoms with Gasteiger partial charge in [0.15, 0.2) is 0 Å². The molecule has 1 atom stereocenters. The van der Waals surface area contributed by atoms with E-state index in [9.17, 15) is 9.59 Å². The number of methoxy groups -OCH3 is 2. The third kappa shape index (κ3) is 4.68. The van der Waals surface area contributed by atoms with Gasteiger partial charge in [-0.1, -0.05) is 25.5 Å². The summed E-state index contributed by atoms with van der Waals surface area (Å²) in [6.45, 7) is 2.06. The fourth-order valence-corrected chi connectivity index (χ4v) is 2.16. The molecule has 0 aromatic heterocycles. The van der Waals surface area contributed by atoms with Crippen molar-refractivity contribution in [2.24, 2.45) is 5.92 Å². The van der Waals surface area contributed by atoms with Crippen LogP contribution in [0.2, 0.25) is 0 Å². The molecule has 4 heteroatoms. The van der Waals surface area contributed by atoms with E-state index in [0.29, 0.717) is 5.56 Å². The van der Waals surface area contributed by atoms with E-state index in [1.807, 2.05) is 12.1 Å². The van der Waals surface area contributed by atoms with Crippen LogP contribution in [0.1, 0.15) is 42.1 Å². The maximum atomic E-state index is 11.6. The highest BCUT2D eigenvalue weighted by Crippen LogP contribution is 2.17. The molecular formula is C16H22O4. The maximum Gasteiger partial charge on any atom is 0.337 e. The summed E-state index contributed by atoms with van der Waals surface area (Å²) in [5.41, 5.74) is 1.64. The van der Waals surface area contributed by atoms with Gasteiger partial charge >= 0.3 is 11.9 Å². The Kier molecular flexibility index (Phi) is 6.77. The molecule has 0 N–H and O–H groups in total. The minimum Gasteiger partial charge on any atom is -0.469 e. The molecule has 0 radical (unpaired) electrons. The van der Waals surface area contributed by atoms with E-state index in [1.165, 1.54) is 14.2 Å². The van der Waals surface area contributed by atoms with Gasteiger partial charge in [-0.15, -0.1) is 0 Å². The molecule has 0 spiro atoms. The highest BCUT2D eigenvalue weighted by atomic mass is 16.5. The molecular weight excluding hydrogens is 256 g/mol. The van der Waals surface area contributed by atoms with Gasteiger partial charge in [0.25, 0.3) is 0 Å². The van der Waals surface area contributed by atoms with Crippen LogP contribution in [0.3, 0.4) is 0 Å². The molecule has 0 aliphatic rings. The summed E-state index contributed by atoms with van der Waals surface area (Å²) in [4.78, 5) is 22.9. The van der Waals surface area contributed by atoms with E-state index < -0.39 is 0 Å². The van der Waals surface area contributed by atoms with E-state index in [4.69, 9.17) is 4.74 Å². The third-order valence-electron chi connectivity index (χ3n) is 3.33. The van der Waals surface area contributed by atoms with Gasteiger partial charge in [-0.3, -0.25) is 4.79 Å². The minimum absolute atomic E-state index is 0.0507. The fraction of sp³-hybridized carbons (Fsp3) is 0.500. The molecule has 0 aliphatic heterocycles. The monoisotopic (exact) mass is 278 g/mol. The standard InChI is InChI=1S/C16H22O4/c1-4-5-13(15(17)19-2)9-6-12-7-10-14(11-8-12)16(18)20-3/h7-8,10-11,13H,4-6,9H2,1-3H3/t13-/m1/s1. The number of hydrogen-bond donors (Lipinski definition) is 0. The van der Waals surface area contributed by atoms with E-state index in [2.05, 4.69) is 11.7 Å². The molecule has 20 heavy (non-hydrogen) atoms. The first kappa shape index (κ1) is 16.2. The Hall–Kier alpha value is -1.84. The summed E-state index contributed by atoms with van der Waals surface area (Å²) < 4.78 is 9.47. The smallest absolute Gasteiger partial charge is 0.337 e. The summed E-state index contributed by atoms with van der Waals surface area (Å²) >= 11 is 0. The van der Waals surface area contributed by atoms with Crippen molar-refractivity contribution in [3.8, 4) is 0 Å². The molecule has 0 unspecified atom stereocenters. The van der Waals surface area contributed by atoms with Crippen molar-refractivity contribution < 1.29 is 19.1 Å². The molecule has 1 aromatic carbocycles. The second-order valence-electron chi connectivity index (χ2n) is 4.74. The van der Waals surface area contributed by atoms with Crippen molar-refractivity contribution in [3.63, 3.8) is 0 Å². The predicted octanol–water partition coefficient (Wildman–Crippen LogP) is 3.00. The van der Waals surface area contributed by atoms with Crippen LogP contribution in [0, 0.1) is 5.92 Å². The molecule has 0 heterocycles. The Morgan fingerprint density at radius 1 is 1.05 bits per heavy atom. The lowest BCUT2D eigenvalue weighted by Crippen LogP contribution is -2.16. The Morgan fingerprint density at radius 2 is 1.70 bits per heavy atom. The first-order valence-corrected chi connectivity index (χ1v) is 6.87. The summed E-state index contributed by atoms with van der Waals surface area (Å²) in [6.07, 6.45) is 3.35. The number of carbonyl (C=O) groups excluding carboxylic acids is 2. The van der Waals surface area contributed by atoms with Crippen molar-refractivity contribution in [2.45, 2.75) is 32.6 Å². The molecule has 0 saturated carbocycles. The lowest BCUT2D eigenvalue weighted by Gasteiger charge is -2.13. The number of benzene rings is 1. The van der Waals surface area contributed by atoms with Crippen LogP contribution in [-0.2, 0) is 20.7 Å². The lowest BCUT2D eigenvalue weighted by molar-refractivity contribution is -0.145. The molecule has 1 rings (SSSR count). The quantitative estimate of drug-likeness (QED) is 0.719. The predicted molar refractivity (Wildman–Crippen MR) is 76.5 cm³/mol. The topological polar surface area (TPSA) is 52.6 Å². The van der Waals surface area contributed by atoms with Crippen LogP contribution >= 0.6 is 0 Å². The van der Waals surface area contributed by atoms with Gasteiger partial charge in [0.1, 0.15) is 0 Å². The Bertz CT molecular complexity index is 436. The van der Waals surface area contributed by atoms with Crippen molar-refractivity contribution in [2.75, 3.05) is 14.2 Å². The van der Waals surface area contributed by atoms with E-state index in [-0.39, 0.29) is 17.9 Å². The van der Waals surface area contributed by atoms with Gasteiger partial charge in [-0.05, 0) is 37.0 Å². The summed E-state index contributed by atoms with van der Waals surface area (Å²) in [5.74, 6) is -0.529. The van der Waals surface area contributed by atoms with Crippen LogP contribution in [0.4, 0.5) is 0 Å². The van der Waals surface area contributed by atoms with Crippen LogP contribution in [0.5, 0.6) is 0 Å². The number of aryl methyl sites for hydroxylation is 1. The lowest BCUT2D eigenvalue weighted by atomic mass is 9.95.